The van der Waals surface area contributed by atoms with Crippen molar-refractivity contribution < 1.29 is 29.4 Å². The van der Waals surface area contributed by atoms with Gasteiger partial charge in [-0.1, -0.05) is 6.42 Å². The van der Waals surface area contributed by atoms with Gasteiger partial charge in [-0.3, -0.25) is 14.4 Å². The van der Waals surface area contributed by atoms with Crippen LogP contribution in [0.4, 0.5) is 4.79 Å². The number of imide groups is 1. The first-order valence-electron chi connectivity index (χ1n) is 7.88. The van der Waals surface area contributed by atoms with Crippen LogP contribution in [0.3, 0.4) is 0 Å². The Morgan fingerprint density at radius 1 is 1.29 bits per heavy atom. The zero-order valence-electron chi connectivity index (χ0n) is 12.9. The number of hydrazine groups is 1. The first kappa shape index (κ1) is 17.0. The van der Waals surface area contributed by atoms with Crippen LogP contribution in [0.5, 0.6) is 0 Å². The molecule has 10 heteroatoms. The number of urea groups is 1. The molecule has 0 aromatic rings. The van der Waals surface area contributed by atoms with E-state index in [1.165, 1.54) is 0 Å². The maximum Gasteiger partial charge on any atom is 0.337 e. The normalized spacial score (nSPS) is 32.5. The number of hydrogen-bond donors (Lipinski definition) is 3. The highest BCUT2D eigenvalue weighted by Gasteiger charge is 2.55. The van der Waals surface area contributed by atoms with Crippen molar-refractivity contribution in [3.8, 4) is 0 Å². The Kier molecular flexibility index (Phi) is 4.68. The van der Waals surface area contributed by atoms with E-state index in [0.29, 0.717) is 25.0 Å². The molecule has 0 aliphatic carbocycles. The highest BCUT2D eigenvalue weighted by Crippen LogP contribution is 2.39. The van der Waals surface area contributed by atoms with Crippen molar-refractivity contribution in [1.29, 1.82) is 0 Å². The number of aliphatic carboxylic acids is 1. The number of nitrogens with zero attached hydrogens (tertiary/aromatic N) is 2. The van der Waals surface area contributed by atoms with E-state index in [4.69, 9.17) is 5.11 Å². The second-order valence-corrected chi connectivity index (χ2v) is 7.44. The molecule has 0 aromatic heterocycles. The summed E-state index contributed by atoms with van der Waals surface area (Å²) in [6.45, 7) is 0. The minimum atomic E-state index is -1.40. The predicted octanol–water partition coefficient (Wildman–Crippen LogP) is -0.456. The largest absolute Gasteiger partial charge is 0.481 e. The van der Waals surface area contributed by atoms with Gasteiger partial charge in [-0.25, -0.2) is 9.80 Å². The summed E-state index contributed by atoms with van der Waals surface area (Å²) in [5.41, 5.74) is 0. The molecule has 9 nitrogen and oxygen atoms in total. The minimum absolute atomic E-state index is 0.0149. The zero-order valence-corrected chi connectivity index (χ0v) is 13.7. The summed E-state index contributed by atoms with van der Waals surface area (Å²) in [4.78, 5) is 46.9. The monoisotopic (exact) mass is 357 g/mol. The van der Waals surface area contributed by atoms with Crippen molar-refractivity contribution in [1.82, 2.24) is 15.3 Å². The van der Waals surface area contributed by atoms with Gasteiger partial charge in [0.05, 0.1) is 18.5 Å². The maximum absolute atomic E-state index is 12.2. The number of aliphatic hydroxyl groups excluding tert-OH is 1. The summed E-state index contributed by atoms with van der Waals surface area (Å²) >= 11 is 1.65. The molecule has 3 saturated heterocycles. The van der Waals surface area contributed by atoms with Gasteiger partial charge in [0, 0.05) is 17.4 Å². The van der Waals surface area contributed by atoms with Crippen molar-refractivity contribution in [3.05, 3.63) is 0 Å². The van der Waals surface area contributed by atoms with E-state index in [0.717, 1.165) is 10.0 Å². The number of nitrogens with one attached hydrogen (secondary N) is 1. The van der Waals surface area contributed by atoms with E-state index in [1.807, 2.05) is 0 Å². The highest BCUT2D eigenvalue weighted by atomic mass is 32.2. The first-order valence-corrected chi connectivity index (χ1v) is 8.93. The second-order valence-electron chi connectivity index (χ2n) is 6.17. The Balaban J connectivity index is 1.70. The SMILES string of the molecule is O=C(O)CCCC[C@@H]1SC[C@@H]2NC(=O)N(N3C(=O)CC(O)C3=O)[C@@H]21. The minimum Gasteiger partial charge on any atom is -0.481 e. The average Bonchev–Trinajstić information content (AvgIpc) is 3.10. The number of hydrogen-bond acceptors (Lipinski definition) is 6. The lowest BCUT2D eigenvalue weighted by atomic mass is 10.0. The zero-order chi connectivity index (χ0) is 17.4. The molecule has 3 fully saturated rings. The lowest BCUT2D eigenvalue weighted by molar-refractivity contribution is -0.156. The third-order valence-electron chi connectivity index (χ3n) is 4.53. The molecule has 24 heavy (non-hydrogen) atoms. The van der Waals surface area contributed by atoms with Crippen molar-refractivity contribution in [2.24, 2.45) is 0 Å². The number of rotatable bonds is 6. The molecular weight excluding hydrogens is 338 g/mol. The number of unbranched alkanes of at least 4 members (excludes halogenated alkanes) is 1. The van der Waals surface area contributed by atoms with Crippen LogP contribution < -0.4 is 5.32 Å². The van der Waals surface area contributed by atoms with E-state index < -0.39 is 29.9 Å². The van der Waals surface area contributed by atoms with E-state index in [1.54, 1.807) is 11.8 Å². The van der Waals surface area contributed by atoms with Crippen molar-refractivity contribution >= 4 is 35.6 Å². The van der Waals surface area contributed by atoms with Gasteiger partial charge >= 0.3 is 12.0 Å². The van der Waals surface area contributed by atoms with E-state index in [2.05, 4.69) is 5.32 Å². The molecule has 1 unspecified atom stereocenters. The number of carboxylic acids is 1. The third kappa shape index (κ3) is 2.95. The van der Waals surface area contributed by atoms with Gasteiger partial charge in [0.2, 0.25) is 0 Å². The number of carboxylic acid groups (broad SMARTS) is 1. The van der Waals surface area contributed by atoms with Crippen LogP contribution in [0.25, 0.3) is 0 Å². The van der Waals surface area contributed by atoms with Gasteiger partial charge < -0.3 is 15.5 Å². The topological polar surface area (TPSA) is 127 Å². The number of carbonyl (C=O) groups is 4. The van der Waals surface area contributed by atoms with Crippen LogP contribution in [-0.4, -0.2) is 73.2 Å². The first-order chi connectivity index (χ1) is 11.4. The smallest absolute Gasteiger partial charge is 0.337 e. The Morgan fingerprint density at radius 2 is 2.04 bits per heavy atom. The number of aliphatic hydroxyl groups is 1. The molecule has 132 valence electrons. The fourth-order valence-electron chi connectivity index (χ4n) is 3.43. The molecule has 3 aliphatic rings. The van der Waals surface area contributed by atoms with Crippen LogP contribution in [-0.2, 0) is 14.4 Å². The number of carbonyl (C=O) groups excluding carboxylic acids is 3. The molecule has 4 amide bonds. The fourth-order valence-corrected chi connectivity index (χ4v) is 5.00. The van der Waals surface area contributed by atoms with E-state index in [-0.39, 0.29) is 30.2 Å². The van der Waals surface area contributed by atoms with E-state index in [9.17, 15) is 24.3 Å². The van der Waals surface area contributed by atoms with Gasteiger partial charge in [-0.2, -0.15) is 16.8 Å². The van der Waals surface area contributed by atoms with Crippen LogP contribution in [0.1, 0.15) is 32.1 Å². The van der Waals surface area contributed by atoms with Crippen molar-refractivity contribution in [3.63, 3.8) is 0 Å². The molecule has 3 heterocycles. The summed E-state index contributed by atoms with van der Waals surface area (Å²) in [5, 5.41) is 23.0. The summed E-state index contributed by atoms with van der Waals surface area (Å²) in [5.74, 6) is -1.51. The lowest BCUT2D eigenvalue weighted by Gasteiger charge is -2.32. The molecule has 3 aliphatic heterocycles. The third-order valence-corrected chi connectivity index (χ3v) is 6.02. The summed E-state index contributed by atoms with van der Waals surface area (Å²) in [6.07, 6.45) is 0.333. The second kappa shape index (κ2) is 6.60. The highest BCUT2D eigenvalue weighted by molar-refractivity contribution is 8.00. The lowest BCUT2D eigenvalue weighted by Crippen LogP contribution is -2.54. The molecule has 3 rings (SSSR count). The number of amides is 4. The Hall–Kier alpha value is -1.81. The molecule has 0 bridgehead atoms. The van der Waals surface area contributed by atoms with Crippen molar-refractivity contribution in [2.45, 2.75) is 55.5 Å². The molecule has 0 radical (unpaired) electrons. The average molecular weight is 357 g/mol. The summed E-state index contributed by atoms with van der Waals surface area (Å²) < 4.78 is 0. The van der Waals surface area contributed by atoms with E-state index >= 15 is 0 Å². The fraction of sp³-hybridized carbons (Fsp3) is 0.714. The van der Waals surface area contributed by atoms with Crippen LogP contribution in [0, 0.1) is 0 Å². The Labute approximate surface area is 142 Å². The summed E-state index contributed by atoms with van der Waals surface area (Å²) in [7, 11) is 0. The molecular formula is C14H19N3O6S. The van der Waals surface area contributed by atoms with Gasteiger partial charge in [0.15, 0.2) is 0 Å². The molecule has 0 saturated carbocycles. The van der Waals surface area contributed by atoms with Gasteiger partial charge in [0.25, 0.3) is 11.8 Å². The predicted molar refractivity (Wildman–Crippen MR) is 82.8 cm³/mol. The molecule has 4 atom stereocenters. The van der Waals surface area contributed by atoms with Crippen molar-refractivity contribution in [2.75, 3.05) is 5.75 Å². The quantitative estimate of drug-likeness (QED) is 0.333. The molecule has 0 spiro atoms. The maximum atomic E-state index is 12.2. The Morgan fingerprint density at radius 3 is 2.67 bits per heavy atom. The van der Waals surface area contributed by atoms with Gasteiger partial charge in [-0.15, -0.1) is 0 Å². The van der Waals surface area contributed by atoms with Crippen LogP contribution in [0.15, 0.2) is 0 Å². The van der Waals surface area contributed by atoms with Gasteiger partial charge in [-0.05, 0) is 12.8 Å². The summed E-state index contributed by atoms with van der Waals surface area (Å²) in [6, 6.07) is -1.01. The van der Waals surface area contributed by atoms with Crippen LogP contribution in [0.2, 0.25) is 0 Å². The number of thioether (sulfide) groups is 1. The Bertz CT molecular complexity index is 585. The molecule has 3 N–H and O–H groups in total. The van der Waals surface area contributed by atoms with Crippen LogP contribution >= 0.6 is 11.8 Å². The molecule has 0 aromatic carbocycles. The van der Waals surface area contributed by atoms with Gasteiger partial charge in [0.1, 0.15) is 6.10 Å². The number of fused-ring (bicyclic) bond motifs is 1. The standard InChI is InChI=1S/C14H19N3O6S/c18-8-5-10(19)16(13(8)22)17-12-7(15-14(17)23)6-24-9(12)3-1-2-4-11(20)21/h7-9,12,18H,1-6H2,(H,15,23)(H,20,21)/t7-,8?,9-,12-/m0/s1.